The van der Waals surface area contributed by atoms with Crippen LogP contribution in [0.25, 0.3) is 0 Å². The number of rotatable bonds is 4. The minimum atomic E-state index is -0.267. The number of carbonyl (C=O) groups excluding carboxylic acids is 1. The van der Waals surface area contributed by atoms with Crippen LogP contribution < -0.4 is 10.1 Å². The minimum absolute atomic E-state index is 0.0533. The summed E-state index contributed by atoms with van der Waals surface area (Å²) in [4.78, 5) is 12.1. The molecule has 0 heterocycles. The number of aryl methyl sites for hydroxylation is 1. The van der Waals surface area contributed by atoms with E-state index in [-0.39, 0.29) is 11.7 Å². The first kappa shape index (κ1) is 13.9. The molecule has 0 aliphatic rings. The molecule has 0 fully saturated rings. The molecule has 2 N–H and O–H groups in total. The third-order valence-electron chi connectivity index (χ3n) is 3.03. The van der Waals surface area contributed by atoms with Gasteiger partial charge in [0.05, 0.1) is 7.11 Å². The average molecular weight is 271 g/mol. The Morgan fingerprint density at radius 1 is 1.25 bits per heavy atom. The lowest BCUT2D eigenvalue weighted by molar-refractivity contribution is 0.102. The van der Waals surface area contributed by atoms with Gasteiger partial charge in [0.25, 0.3) is 5.91 Å². The molecular weight excluding hydrogens is 254 g/mol. The molecule has 1 amide bonds. The number of phenols is 1. The molecule has 0 aliphatic heterocycles. The fourth-order valence-corrected chi connectivity index (χ4v) is 1.90. The van der Waals surface area contributed by atoms with Gasteiger partial charge >= 0.3 is 0 Å². The normalized spacial score (nSPS) is 10.1. The van der Waals surface area contributed by atoms with Crippen LogP contribution in [0.15, 0.2) is 42.5 Å². The number of nitrogens with one attached hydrogen (secondary N) is 1. The largest absolute Gasteiger partial charge is 0.504 e. The first-order valence-corrected chi connectivity index (χ1v) is 6.41. The highest BCUT2D eigenvalue weighted by Gasteiger charge is 2.10. The Labute approximate surface area is 118 Å². The predicted octanol–water partition coefficient (Wildman–Crippen LogP) is 3.22. The lowest BCUT2D eigenvalue weighted by Crippen LogP contribution is -2.11. The summed E-state index contributed by atoms with van der Waals surface area (Å²) in [6, 6.07) is 12.2. The topological polar surface area (TPSA) is 58.6 Å². The third-order valence-corrected chi connectivity index (χ3v) is 3.03. The smallest absolute Gasteiger partial charge is 0.255 e. The molecule has 0 radical (unpaired) electrons. The van der Waals surface area contributed by atoms with Crippen LogP contribution in [0.5, 0.6) is 11.5 Å². The maximum Gasteiger partial charge on any atom is 0.255 e. The number of anilines is 1. The molecule has 2 aromatic rings. The second-order valence-electron chi connectivity index (χ2n) is 4.39. The van der Waals surface area contributed by atoms with Crippen LogP contribution in [0.4, 0.5) is 5.69 Å². The van der Waals surface area contributed by atoms with Crippen molar-refractivity contribution >= 4 is 11.6 Å². The number of benzene rings is 2. The van der Waals surface area contributed by atoms with Crippen molar-refractivity contribution in [2.45, 2.75) is 13.3 Å². The van der Waals surface area contributed by atoms with Crippen LogP contribution in [0.3, 0.4) is 0 Å². The summed E-state index contributed by atoms with van der Waals surface area (Å²) >= 11 is 0. The van der Waals surface area contributed by atoms with E-state index >= 15 is 0 Å². The van der Waals surface area contributed by atoms with Crippen molar-refractivity contribution in [2.75, 3.05) is 12.4 Å². The maximum atomic E-state index is 12.1. The van der Waals surface area contributed by atoms with E-state index in [1.165, 1.54) is 13.2 Å². The molecular formula is C16H17NO3. The van der Waals surface area contributed by atoms with Crippen LogP contribution in [0.2, 0.25) is 0 Å². The summed E-state index contributed by atoms with van der Waals surface area (Å²) in [5.41, 5.74) is 2.27. The molecule has 0 bridgehead atoms. The van der Waals surface area contributed by atoms with E-state index in [2.05, 4.69) is 12.2 Å². The molecule has 4 heteroatoms. The molecule has 0 unspecified atom stereocenters. The number of phenolic OH excluding ortho intramolecular Hbond substituents is 1. The average Bonchev–Trinajstić information content (AvgIpc) is 2.47. The van der Waals surface area contributed by atoms with Crippen molar-refractivity contribution in [2.24, 2.45) is 0 Å². The minimum Gasteiger partial charge on any atom is -0.504 e. The van der Waals surface area contributed by atoms with E-state index in [1.54, 1.807) is 12.1 Å². The Balaban J connectivity index is 2.17. The lowest BCUT2D eigenvalue weighted by atomic mass is 10.1. The molecule has 2 aromatic carbocycles. The van der Waals surface area contributed by atoms with Crippen molar-refractivity contribution in [1.82, 2.24) is 0 Å². The third kappa shape index (κ3) is 3.09. The van der Waals surface area contributed by atoms with Crippen molar-refractivity contribution in [3.05, 3.63) is 53.6 Å². The molecule has 0 spiro atoms. The highest BCUT2D eigenvalue weighted by atomic mass is 16.5. The monoisotopic (exact) mass is 271 g/mol. The summed E-state index contributed by atoms with van der Waals surface area (Å²) in [5, 5.41) is 12.5. The van der Waals surface area contributed by atoms with Gasteiger partial charge in [-0.05, 0) is 42.3 Å². The standard InChI is InChI=1S/C16H17NO3/c1-3-11-5-4-6-13(9-11)17-16(19)12-7-8-15(20-2)14(18)10-12/h4-10,18H,3H2,1-2H3,(H,17,19). The number of hydrogen-bond donors (Lipinski definition) is 2. The van der Waals surface area contributed by atoms with Crippen LogP contribution in [-0.2, 0) is 6.42 Å². The Kier molecular flexibility index (Phi) is 4.25. The summed E-state index contributed by atoms with van der Waals surface area (Å²) in [6.07, 6.45) is 0.910. The Hall–Kier alpha value is -2.49. The SMILES string of the molecule is CCc1cccc(NC(=O)c2ccc(OC)c(O)c2)c1. The van der Waals surface area contributed by atoms with Gasteiger partial charge in [-0.25, -0.2) is 0 Å². The van der Waals surface area contributed by atoms with Gasteiger partial charge in [0.15, 0.2) is 11.5 Å². The molecule has 2 rings (SSSR count). The van der Waals surface area contributed by atoms with Crippen molar-refractivity contribution in [1.29, 1.82) is 0 Å². The van der Waals surface area contributed by atoms with Crippen molar-refractivity contribution < 1.29 is 14.6 Å². The zero-order valence-electron chi connectivity index (χ0n) is 11.5. The second kappa shape index (κ2) is 6.10. The molecule has 104 valence electrons. The predicted molar refractivity (Wildman–Crippen MR) is 78.4 cm³/mol. The summed E-state index contributed by atoms with van der Waals surface area (Å²) in [6.45, 7) is 2.06. The van der Waals surface area contributed by atoms with Crippen LogP contribution in [0.1, 0.15) is 22.8 Å². The molecule has 0 saturated heterocycles. The summed E-state index contributed by atoms with van der Waals surface area (Å²) in [7, 11) is 1.46. The molecule has 0 atom stereocenters. The number of amides is 1. The molecule has 20 heavy (non-hydrogen) atoms. The van der Waals surface area contributed by atoms with E-state index in [9.17, 15) is 9.90 Å². The van der Waals surface area contributed by atoms with Crippen LogP contribution in [0, 0.1) is 0 Å². The molecule has 0 saturated carbocycles. The molecule has 4 nitrogen and oxygen atoms in total. The quantitative estimate of drug-likeness (QED) is 0.897. The zero-order valence-corrected chi connectivity index (χ0v) is 11.5. The van der Waals surface area contributed by atoms with E-state index in [1.807, 2.05) is 24.3 Å². The van der Waals surface area contributed by atoms with E-state index < -0.39 is 0 Å². The number of ether oxygens (including phenoxy) is 1. The fraction of sp³-hybridized carbons (Fsp3) is 0.188. The maximum absolute atomic E-state index is 12.1. The summed E-state index contributed by atoms with van der Waals surface area (Å²) in [5.74, 6) is 0.0215. The van der Waals surface area contributed by atoms with Gasteiger partial charge in [-0.15, -0.1) is 0 Å². The highest BCUT2D eigenvalue weighted by Crippen LogP contribution is 2.26. The van der Waals surface area contributed by atoms with E-state index in [4.69, 9.17) is 4.74 Å². The van der Waals surface area contributed by atoms with Gasteiger partial charge in [0.1, 0.15) is 0 Å². The van der Waals surface area contributed by atoms with Gasteiger partial charge in [0, 0.05) is 11.3 Å². The van der Waals surface area contributed by atoms with Gasteiger partial charge in [-0.3, -0.25) is 4.79 Å². The van der Waals surface area contributed by atoms with Crippen molar-refractivity contribution in [3.63, 3.8) is 0 Å². The first-order valence-electron chi connectivity index (χ1n) is 6.41. The van der Waals surface area contributed by atoms with E-state index in [0.29, 0.717) is 11.3 Å². The lowest BCUT2D eigenvalue weighted by Gasteiger charge is -2.08. The number of hydrogen-bond acceptors (Lipinski definition) is 3. The van der Waals surface area contributed by atoms with Crippen LogP contribution >= 0.6 is 0 Å². The van der Waals surface area contributed by atoms with E-state index in [0.717, 1.165) is 17.7 Å². The van der Waals surface area contributed by atoms with Gasteiger partial charge < -0.3 is 15.2 Å². The first-order chi connectivity index (χ1) is 9.63. The van der Waals surface area contributed by atoms with Crippen molar-refractivity contribution in [3.8, 4) is 11.5 Å². The Bertz CT molecular complexity index is 623. The van der Waals surface area contributed by atoms with Gasteiger partial charge in [-0.1, -0.05) is 19.1 Å². The summed E-state index contributed by atoms with van der Waals surface area (Å²) < 4.78 is 4.95. The zero-order chi connectivity index (χ0) is 14.5. The Morgan fingerprint density at radius 2 is 2.05 bits per heavy atom. The van der Waals surface area contributed by atoms with Gasteiger partial charge in [0.2, 0.25) is 0 Å². The second-order valence-corrected chi connectivity index (χ2v) is 4.39. The number of aromatic hydroxyl groups is 1. The highest BCUT2D eigenvalue weighted by molar-refractivity contribution is 6.04. The fourth-order valence-electron chi connectivity index (χ4n) is 1.90. The van der Waals surface area contributed by atoms with Crippen LogP contribution in [-0.4, -0.2) is 18.1 Å². The molecule has 0 aliphatic carbocycles. The van der Waals surface area contributed by atoms with Gasteiger partial charge in [-0.2, -0.15) is 0 Å². The Morgan fingerprint density at radius 3 is 2.70 bits per heavy atom. The molecule has 0 aromatic heterocycles. The number of methoxy groups -OCH3 is 1. The number of carbonyl (C=O) groups is 1.